The van der Waals surface area contributed by atoms with E-state index in [1.54, 1.807) is 0 Å². The predicted molar refractivity (Wildman–Crippen MR) is 140 cm³/mol. The van der Waals surface area contributed by atoms with Crippen molar-refractivity contribution in [3.8, 4) is 34.3 Å². The molecule has 2 aromatic carbocycles. The monoisotopic (exact) mass is 610 g/mol. The number of fused-ring (bicyclic) bond motifs is 1. The van der Waals surface area contributed by atoms with E-state index in [4.69, 9.17) is 23.4 Å². The van der Waals surface area contributed by atoms with Gasteiger partial charge in [0.05, 0.1) is 13.2 Å². The molecule has 2 fully saturated rings. The molecule has 0 bridgehead atoms. The highest BCUT2D eigenvalue weighted by Gasteiger charge is 2.51. The van der Waals surface area contributed by atoms with Gasteiger partial charge in [-0.1, -0.05) is 0 Å². The molecule has 0 aliphatic carbocycles. The number of hydrogen-bond acceptors (Lipinski definition) is 16. The van der Waals surface area contributed by atoms with Crippen LogP contribution in [0.1, 0.15) is 0 Å². The Balaban J connectivity index is 1.53. The molecular weight excluding hydrogens is 580 g/mol. The summed E-state index contributed by atoms with van der Waals surface area (Å²) in [5, 5.41) is 101. The van der Waals surface area contributed by atoms with Crippen LogP contribution in [0.3, 0.4) is 0 Å². The van der Waals surface area contributed by atoms with Gasteiger partial charge in [0.15, 0.2) is 12.1 Å². The molecule has 0 saturated carbocycles. The summed E-state index contributed by atoms with van der Waals surface area (Å²) in [6, 6.07) is 7.22. The molecule has 0 radical (unpaired) electrons. The van der Waals surface area contributed by atoms with Gasteiger partial charge < -0.3 is 74.4 Å². The van der Waals surface area contributed by atoms with Crippen LogP contribution in [0.2, 0.25) is 0 Å². The first-order valence-corrected chi connectivity index (χ1v) is 13.0. The fraction of sp³-hybridized carbons (Fsp3) is 0.444. The fourth-order valence-electron chi connectivity index (χ4n) is 4.94. The smallest absolute Gasteiger partial charge is 0.239 e. The maximum Gasteiger partial charge on any atom is 0.239 e. The van der Waals surface area contributed by atoms with E-state index in [-0.39, 0.29) is 22.7 Å². The number of phenolic OH excluding ortho intramolecular Hbond substituents is 3. The number of rotatable bonds is 7. The van der Waals surface area contributed by atoms with Crippen LogP contribution in [0.25, 0.3) is 22.3 Å². The normalized spacial score (nSPS) is 33.0. The molecule has 2 aliphatic heterocycles. The van der Waals surface area contributed by atoms with Crippen LogP contribution < -0.4 is 10.2 Å². The molecule has 0 amide bonds. The summed E-state index contributed by atoms with van der Waals surface area (Å²) in [5.74, 6) is -2.11. The number of benzene rings is 2. The minimum absolute atomic E-state index is 0.122. The lowest BCUT2D eigenvalue weighted by molar-refractivity contribution is -0.352. The number of phenols is 3. The first kappa shape index (κ1) is 30.9. The molecule has 10 unspecified atom stereocenters. The Morgan fingerprint density at radius 2 is 1.35 bits per heavy atom. The standard InChI is InChI=1S/C27H30O16/c28-7-14-17(33)20(36)21(37)26(40-14)42-24-18(34)15(8-29)41-27(22(24)38)43-25-19(35)16-12(32)5-11(31)6-13(16)39-23(25)9-1-3-10(30)4-2-9/h1-6,14-15,17-18,20-22,24,26-34,36-38H,7-8H2. The molecule has 3 heterocycles. The van der Waals surface area contributed by atoms with Crippen LogP contribution in [-0.4, -0.2) is 126 Å². The molecular formula is C27H30O16. The molecule has 0 spiro atoms. The molecule has 234 valence electrons. The van der Waals surface area contributed by atoms with Gasteiger partial charge in [-0.3, -0.25) is 4.79 Å². The Kier molecular flexibility index (Phi) is 8.77. The molecule has 1 aromatic heterocycles. The van der Waals surface area contributed by atoms with Gasteiger partial charge in [0, 0.05) is 17.7 Å². The van der Waals surface area contributed by atoms with Gasteiger partial charge in [0.2, 0.25) is 17.5 Å². The summed E-state index contributed by atoms with van der Waals surface area (Å²) in [7, 11) is 0. The van der Waals surface area contributed by atoms with Crippen LogP contribution in [0, 0.1) is 0 Å². The third-order valence-electron chi connectivity index (χ3n) is 7.24. The zero-order valence-corrected chi connectivity index (χ0v) is 22.1. The number of aromatic hydroxyl groups is 3. The lowest BCUT2D eigenvalue weighted by Gasteiger charge is -2.45. The van der Waals surface area contributed by atoms with Gasteiger partial charge in [-0.15, -0.1) is 0 Å². The van der Waals surface area contributed by atoms with E-state index in [2.05, 4.69) is 0 Å². The van der Waals surface area contributed by atoms with Crippen LogP contribution >= 0.6 is 0 Å². The van der Waals surface area contributed by atoms with E-state index in [0.717, 1.165) is 12.1 Å². The highest BCUT2D eigenvalue weighted by molar-refractivity contribution is 5.88. The number of ether oxygens (including phenoxy) is 4. The quantitative estimate of drug-likeness (QED) is 0.133. The average molecular weight is 611 g/mol. The number of hydrogen-bond donors (Lipinski definition) is 10. The van der Waals surface area contributed by atoms with Crippen molar-refractivity contribution in [2.45, 2.75) is 61.4 Å². The molecule has 5 rings (SSSR count). The lowest BCUT2D eigenvalue weighted by Crippen LogP contribution is -2.65. The van der Waals surface area contributed by atoms with Crippen LogP contribution in [0.4, 0.5) is 0 Å². The van der Waals surface area contributed by atoms with Gasteiger partial charge in [-0.25, -0.2) is 0 Å². The van der Waals surface area contributed by atoms with Crippen molar-refractivity contribution in [1.82, 2.24) is 0 Å². The Morgan fingerprint density at radius 3 is 2.00 bits per heavy atom. The van der Waals surface area contributed by atoms with Gasteiger partial charge in [0.25, 0.3) is 0 Å². The largest absolute Gasteiger partial charge is 0.508 e. The molecule has 10 N–H and O–H groups in total. The molecule has 3 aromatic rings. The van der Waals surface area contributed by atoms with Crippen molar-refractivity contribution >= 4 is 11.0 Å². The van der Waals surface area contributed by atoms with E-state index in [0.29, 0.717) is 0 Å². The maximum atomic E-state index is 13.6. The molecule has 10 atom stereocenters. The van der Waals surface area contributed by atoms with E-state index in [1.165, 1.54) is 24.3 Å². The topological polar surface area (TPSA) is 269 Å². The highest BCUT2D eigenvalue weighted by Crippen LogP contribution is 2.38. The van der Waals surface area contributed by atoms with Crippen molar-refractivity contribution in [2.24, 2.45) is 0 Å². The van der Waals surface area contributed by atoms with Crippen LogP contribution in [0.15, 0.2) is 45.6 Å². The Hall–Kier alpha value is -3.55. The minimum Gasteiger partial charge on any atom is -0.508 e. The summed E-state index contributed by atoms with van der Waals surface area (Å²) < 4.78 is 27.9. The van der Waals surface area contributed by atoms with Crippen LogP contribution in [-0.2, 0) is 14.2 Å². The first-order chi connectivity index (χ1) is 20.4. The van der Waals surface area contributed by atoms with Gasteiger partial charge >= 0.3 is 0 Å². The van der Waals surface area contributed by atoms with Crippen molar-refractivity contribution in [3.63, 3.8) is 0 Å². The second-order valence-corrected chi connectivity index (χ2v) is 10.1. The van der Waals surface area contributed by atoms with E-state index < -0.39 is 103 Å². The SMILES string of the molecule is O=c1c(OC2OC(CO)C(O)C(OC3OC(CO)C(O)C(O)C3O)C2O)c(-c2ccc(O)cc2)oc2cc(O)cc(O)c12. The van der Waals surface area contributed by atoms with E-state index >= 15 is 0 Å². The summed E-state index contributed by atoms with van der Waals surface area (Å²) in [5.41, 5.74) is -1.04. The molecule has 43 heavy (non-hydrogen) atoms. The fourth-order valence-corrected chi connectivity index (χ4v) is 4.94. The second kappa shape index (κ2) is 12.2. The third kappa shape index (κ3) is 5.73. The Labute approximate surface area is 241 Å². The van der Waals surface area contributed by atoms with Crippen molar-refractivity contribution in [1.29, 1.82) is 0 Å². The van der Waals surface area contributed by atoms with Crippen molar-refractivity contribution < 1.29 is 74.4 Å². The molecule has 2 aliphatic rings. The van der Waals surface area contributed by atoms with Crippen molar-refractivity contribution in [2.75, 3.05) is 13.2 Å². The predicted octanol–water partition coefficient (Wildman–Crippen LogP) is -2.42. The second-order valence-electron chi connectivity index (χ2n) is 10.1. The Morgan fingerprint density at radius 1 is 0.721 bits per heavy atom. The maximum absolute atomic E-state index is 13.6. The van der Waals surface area contributed by atoms with Gasteiger partial charge in [-0.05, 0) is 24.3 Å². The lowest BCUT2D eigenvalue weighted by atomic mass is 9.97. The highest BCUT2D eigenvalue weighted by atomic mass is 16.7. The van der Waals surface area contributed by atoms with Crippen molar-refractivity contribution in [3.05, 3.63) is 46.6 Å². The number of aliphatic hydroxyl groups is 7. The minimum atomic E-state index is -1.98. The Bertz CT molecular complexity index is 1490. The van der Waals surface area contributed by atoms with Gasteiger partial charge in [0.1, 0.15) is 77.0 Å². The summed E-state index contributed by atoms with van der Waals surface area (Å²) in [4.78, 5) is 13.6. The number of aliphatic hydroxyl groups excluding tert-OH is 7. The zero-order valence-electron chi connectivity index (χ0n) is 22.1. The van der Waals surface area contributed by atoms with Crippen LogP contribution in [0.5, 0.6) is 23.0 Å². The third-order valence-corrected chi connectivity index (χ3v) is 7.24. The summed E-state index contributed by atoms with van der Waals surface area (Å²) >= 11 is 0. The average Bonchev–Trinajstić information content (AvgIpc) is 2.97. The van der Waals surface area contributed by atoms with E-state index in [1.807, 2.05) is 0 Å². The summed E-state index contributed by atoms with van der Waals surface area (Å²) in [6.45, 7) is -1.63. The molecule has 16 heteroatoms. The summed E-state index contributed by atoms with van der Waals surface area (Å²) in [6.07, 6.45) is -17.6. The first-order valence-electron chi connectivity index (χ1n) is 13.0. The molecule has 2 saturated heterocycles. The molecule has 16 nitrogen and oxygen atoms in total. The zero-order chi connectivity index (χ0) is 31.2. The van der Waals surface area contributed by atoms with Gasteiger partial charge in [-0.2, -0.15) is 0 Å². The van der Waals surface area contributed by atoms with E-state index in [9.17, 15) is 55.9 Å².